The van der Waals surface area contributed by atoms with Gasteiger partial charge in [0.2, 0.25) is 5.91 Å². The van der Waals surface area contributed by atoms with Crippen LogP contribution in [0.5, 0.6) is 0 Å². The number of amides is 1. The highest BCUT2D eigenvalue weighted by Gasteiger charge is 2.19. The zero-order chi connectivity index (χ0) is 15.9. The number of nitrogens with one attached hydrogen (secondary N) is 1. The van der Waals surface area contributed by atoms with Gasteiger partial charge in [0.25, 0.3) is 0 Å². The molecule has 0 radical (unpaired) electrons. The van der Waals surface area contributed by atoms with E-state index in [4.69, 9.17) is 0 Å². The molecule has 122 valence electrons. The number of hydrogen-bond acceptors (Lipinski definition) is 3. The van der Waals surface area contributed by atoms with Gasteiger partial charge in [0.05, 0.1) is 0 Å². The molecule has 0 spiro atoms. The summed E-state index contributed by atoms with van der Waals surface area (Å²) in [5, 5.41) is 3.49. The van der Waals surface area contributed by atoms with Crippen LogP contribution in [0.15, 0.2) is 24.3 Å². The lowest BCUT2D eigenvalue weighted by atomic mass is 10.1. The molecule has 0 saturated carbocycles. The number of benzene rings is 1. The van der Waals surface area contributed by atoms with Crippen LogP contribution in [-0.4, -0.2) is 44.0 Å². The Morgan fingerprint density at radius 2 is 2.00 bits per heavy atom. The summed E-state index contributed by atoms with van der Waals surface area (Å²) < 4.78 is 0. The van der Waals surface area contributed by atoms with Gasteiger partial charge in [0.1, 0.15) is 0 Å². The van der Waals surface area contributed by atoms with Crippen molar-refractivity contribution < 1.29 is 4.79 Å². The molecule has 0 aromatic heterocycles. The van der Waals surface area contributed by atoms with Crippen LogP contribution in [-0.2, 0) is 11.3 Å². The number of fused-ring (bicyclic) bond motifs is 1. The predicted molar refractivity (Wildman–Crippen MR) is 92.1 cm³/mol. The van der Waals surface area contributed by atoms with E-state index < -0.39 is 0 Å². The van der Waals surface area contributed by atoms with E-state index in [1.54, 1.807) is 0 Å². The van der Waals surface area contributed by atoms with Gasteiger partial charge in [-0.1, -0.05) is 32.0 Å². The fourth-order valence-electron chi connectivity index (χ4n) is 2.87. The van der Waals surface area contributed by atoms with Gasteiger partial charge in [-0.15, -0.1) is 0 Å². The lowest BCUT2D eigenvalue weighted by Gasteiger charge is -2.26. The molecule has 0 bridgehead atoms. The maximum absolute atomic E-state index is 12.7. The summed E-state index contributed by atoms with van der Waals surface area (Å²) >= 11 is 0. The van der Waals surface area contributed by atoms with Gasteiger partial charge in [-0.05, 0) is 37.6 Å². The maximum atomic E-state index is 12.7. The minimum atomic E-state index is 0.240. The highest BCUT2D eigenvalue weighted by Crippen LogP contribution is 2.23. The number of rotatable bonds is 2. The van der Waals surface area contributed by atoms with Gasteiger partial charge >= 0.3 is 0 Å². The Morgan fingerprint density at radius 1 is 1.23 bits per heavy atom. The second-order valence-electron chi connectivity index (χ2n) is 6.61. The Labute approximate surface area is 134 Å². The van der Waals surface area contributed by atoms with Crippen LogP contribution in [0.1, 0.15) is 32.3 Å². The SMILES string of the molecule is CC(C)CC(=O)N1CCCN(C)CCNCc2ccccc21. The summed E-state index contributed by atoms with van der Waals surface area (Å²) in [6.07, 6.45) is 1.62. The monoisotopic (exact) mass is 303 g/mol. The van der Waals surface area contributed by atoms with E-state index in [2.05, 4.69) is 49.3 Å². The van der Waals surface area contributed by atoms with Crippen molar-refractivity contribution in [1.82, 2.24) is 10.2 Å². The van der Waals surface area contributed by atoms with Gasteiger partial charge in [-0.25, -0.2) is 0 Å². The van der Waals surface area contributed by atoms with Gasteiger partial charge < -0.3 is 15.1 Å². The predicted octanol–water partition coefficient (Wildman–Crippen LogP) is 2.49. The van der Waals surface area contributed by atoms with Gasteiger partial charge in [-0.2, -0.15) is 0 Å². The first-order valence-corrected chi connectivity index (χ1v) is 8.35. The van der Waals surface area contributed by atoms with Crippen LogP contribution in [0.4, 0.5) is 5.69 Å². The fourth-order valence-corrected chi connectivity index (χ4v) is 2.87. The van der Waals surface area contributed by atoms with Crippen LogP contribution < -0.4 is 10.2 Å². The Hall–Kier alpha value is -1.39. The number of carbonyl (C=O) groups excluding carboxylic acids is 1. The molecule has 0 unspecified atom stereocenters. The molecular formula is C18H29N3O. The Kier molecular flexibility index (Phi) is 6.40. The summed E-state index contributed by atoms with van der Waals surface area (Å²) in [5.41, 5.74) is 2.29. The van der Waals surface area contributed by atoms with Crippen molar-refractivity contribution in [1.29, 1.82) is 0 Å². The second-order valence-corrected chi connectivity index (χ2v) is 6.61. The minimum Gasteiger partial charge on any atom is -0.312 e. The highest BCUT2D eigenvalue weighted by molar-refractivity contribution is 5.94. The molecule has 4 nitrogen and oxygen atoms in total. The van der Waals surface area contributed by atoms with Crippen LogP contribution in [0.3, 0.4) is 0 Å². The standard InChI is InChI=1S/C18H29N3O/c1-15(2)13-18(22)21-11-6-10-20(3)12-9-19-14-16-7-4-5-8-17(16)21/h4-5,7-8,15,19H,6,9-14H2,1-3H3. The molecule has 4 heteroatoms. The van der Waals surface area contributed by atoms with Crippen molar-refractivity contribution in [3.63, 3.8) is 0 Å². The quantitative estimate of drug-likeness (QED) is 0.912. The molecule has 1 aliphatic rings. The van der Waals surface area contributed by atoms with E-state index in [0.29, 0.717) is 12.3 Å². The molecule has 0 saturated heterocycles. The topological polar surface area (TPSA) is 35.6 Å². The summed E-state index contributed by atoms with van der Waals surface area (Å²) in [5.74, 6) is 0.628. The van der Waals surface area contributed by atoms with Crippen LogP contribution in [0, 0.1) is 5.92 Å². The van der Waals surface area contributed by atoms with E-state index in [0.717, 1.165) is 44.8 Å². The van der Waals surface area contributed by atoms with E-state index in [-0.39, 0.29) is 5.91 Å². The van der Waals surface area contributed by atoms with Crippen molar-refractivity contribution in [3.05, 3.63) is 29.8 Å². The molecule has 1 heterocycles. The smallest absolute Gasteiger partial charge is 0.227 e. The van der Waals surface area contributed by atoms with Crippen LogP contribution >= 0.6 is 0 Å². The average Bonchev–Trinajstić information content (AvgIpc) is 2.51. The van der Waals surface area contributed by atoms with Gasteiger partial charge in [0.15, 0.2) is 0 Å². The number of carbonyl (C=O) groups is 1. The second kappa shape index (κ2) is 8.30. The first-order chi connectivity index (χ1) is 10.6. The molecule has 1 aromatic rings. The molecule has 1 aromatic carbocycles. The number of likely N-dealkylation sites (N-methyl/N-ethyl adjacent to an activating group) is 1. The lowest BCUT2D eigenvalue weighted by molar-refractivity contribution is -0.119. The van der Waals surface area contributed by atoms with Gasteiger partial charge in [-0.3, -0.25) is 4.79 Å². The Balaban J connectivity index is 2.25. The summed E-state index contributed by atoms with van der Waals surface area (Å²) in [4.78, 5) is 17.0. The lowest BCUT2D eigenvalue weighted by Crippen LogP contribution is -2.35. The maximum Gasteiger partial charge on any atom is 0.227 e. The molecule has 22 heavy (non-hydrogen) atoms. The van der Waals surface area contributed by atoms with Crippen molar-refractivity contribution in [2.75, 3.05) is 38.1 Å². The normalized spacial score (nSPS) is 17.9. The van der Waals surface area contributed by atoms with E-state index >= 15 is 0 Å². The highest BCUT2D eigenvalue weighted by atomic mass is 16.2. The third kappa shape index (κ3) is 4.82. The Morgan fingerprint density at radius 3 is 2.77 bits per heavy atom. The zero-order valence-corrected chi connectivity index (χ0v) is 14.1. The third-order valence-corrected chi connectivity index (χ3v) is 4.07. The molecule has 0 aliphatic carbocycles. The number of para-hydroxylation sites is 1. The Bertz CT molecular complexity index is 487. The largest absolute Gasteiger partial charge is 0.312 e. The van der Waals surface area contributed by atoms with Crippen molar-refractivity contribution >= 4 is 11.6 Å². The first kappa shape index (κ1) is 17.0. The average molecular weight is 303 g/mol. The number of anilines is 1. The number of nitrogens with zero attached hydrogens (tertiary/aromatic N) is 2. The van der Waals surface area contributed by atoms with Crippen LogP contribution in [0.2, 0.25) is 0 Å². The molecule has 0 atom stereocenters. The molecule has 1 amide bonds. The van der Waals surface area contributed by atoms with E-state index in [1.807, 2.05) is 11.0 Å². The van der Waals surface area contributed by atoms with Crippen molar-refractivity contribution in [3.8, 4) is 0 Å². The third-order valence-electron chi connectivity index (χ3n) is 4.07. The first-order valence-electron chi connectivity index (χ1n) is 8.35. The minimum absolute atomic E-state index is 0.240. The summed E-state index contributed by atoms with van der Waals surface area (Å²) in [6, 6.07) is 8.29. The van der Waals surface area contributed by atoms with Gasteiger partial charge in [0, 0.05) is 38.3 Å². The van der Waals surface area contributed by atoms with Crippen LogP contribution in [0.25, 0.3) is 0 Å². The molecule has 1 aliphatic heterocycles. The number of hydrogen-bond donors (Lipinski definition) is 1. The van der Waals surface area contributed by atoms with Crippen molar-refractivity contribution in [2.24, 2.45) is 5.92 Å². The molecular weight excluding hydrogens is 274 g/mol. The molecule has 1 N–H and O–H groups in total. The summed E-state index contributed by atoms with van der Waals surface area (Å²) in [7, 11) is 2.15. The van der Waals surface area contributed by atoms with E-state index in [9.17, 15) is 4.79 Å². The zero-order valence-electron chi connectivity index (χ0n) is 14.1. The van der Waals surface area contributed by atoms with E-state index in [1.165, 1.54) is 5.56 Å². The van der Waals surface area contributed by atoms with Crippen molar-refractivity contribution in [2.45, 2.75) is 33.2 Å². The fraction of sp³-hybridized carbons (Fsp3) is 0.611. The molecule has 2 rings (SSSR count). The summed E-state index contributed by atoms with van der Waals surface area (Å²) in [6.45, 7) is 8.86. The molecule has 0 fully saturated rings.